The van der Waals surface area contributed by atoms with Gasteiger partial charge in [-0.15, -0.1) is 0 Å². The zero-order chi connectivity index (χ0) is 18.7. The molecular weight excluding hydrogens is 354 g/mol. The fourth-order valence-electron chi connectivity index (χ4n) is 3.18. The van der Waals surface area contributed by atoms with E-state index in [2.05, 4.69) is 0 Å². The Kier molecular flexibility index (Phi) is 5.27. The first-order valence-electron chi connectivity index (χ1n) is 8.44. The van der Waals surface area contributed by atoms with Crippen LogP contribution in [-0.4, -0.2) is 56.4 Å². The highest BCUT2D eigenvalue weighted by atomic mass is 32.2. The van der Waals surface area contributed by atoms with Gasteiger partial charge in [0, 0.05) is 13.1 Å². The summed E-state index contributed by atoms with van der Waals surface area (Å²) in [6.45, 7) is -0.378. The minimum absolute atomic E-state index is 0.0286. The molecule has 0 radical (unpaired) electrons. The second-order valence-electron chi connectivity index (χ2n) is 6.54. The Hall–Kier alpha value is -2.41. The number of amides is 1. The summed E-state index contributed by atoms with van der Waals surface area (Å²) in [5.74, 6) is -0.810. The van der Waals surface area contributed by atoms with Crippen molar-refractivity contribution in [1.29, 1.82) is 0 Å². The average molecular weight is 375 g/mol. The lowest BCUT2D eigenvalue weighted by Crippen LogP contribution is -2.40. The summed E-state index contributed by atoms with van der Waals surface area (Å²) in [4.78, 5) is 25.7. The fourth-order valence-corrected chi connectivity index (χ4v) is 4.96. The molecule has 0 saturated carbocycles. The normalized spacial score (nSPS) is 18.6. The van der Waals surface area contributed by atoms with Crippen molar-refractivity contribution in [1.82, 2.24) is 4.90 Å². The molecule has 6 nitrogen and oxygen atoms in total. The van der Waals surface area contributed by atoms with E-state index in [1.807, 2.05) is 42.5 Å². The fraction of sp³-hybridized carbons (Fsp3) is 0.368. The van der Waals surface area contributed by atoms with Gasteiger partial charge >= 0.3 is 5.97 Å². The number of hydrogen-bond acceptors (Lipinski definition) is 5. The minimum Gasteiger partial charge on any atom is -0.455 e. The Balaban J connectivity index is 1.56. The van der Waals surface area contributed by atoms with Crippen LogP contribution in [0.1, 0.15) is 12.0 Å². The SMILES string of the molecule is CN(C(=O)COC(=O)Cc1cccc2ccccc12)[C@@H]1CCS(=O)(=O)C1. The third-order valence-corrected chi connectivity index (χ3v) is 6.47. The lowest BCUT2D eigenvalue weighted by molar-refractivity contribution is -0.151. The first-order valence-corrected chi connectivity index (χ1v) is 10.3. The van der Waals surface area contributed by atoms with Crippen LogP contribution >= 0.6 is 0 Å². The highest BCUT2D eigenvalue weighted by Gasteiger charge is 2.32. The summed E-state index contributed by atoms with van der Waals surface area (Å²) in [6, 6.07) is 13.1. The van der Waals surface area contributed by atoms with Crippen LogP contribution in [0.25, 0.3) is 10.8 Å². The quantitative estimate of drug-likeness (QED) is 0.741. The van der Waals surface area contributed by atoms with Gasteiger partial charge in [-0.3, -0.25) is 9.59 Å². The van der Waals surface area contributed by atoms with Gasteiger partial charge in [0.15, 0.2) is 16.4 Å². The van der Waals surface area contributed by atoms with E-state index in [0.29, 0.717) is 6.42 Å². The summed E-state index contributed by atoms with van der Waals surface area (Å²) < 4.78 is 28.2. The Morgan fingerprint density at radius 1 is 1.15 bits per heavy atom. The highest BCUT2D eigenvalue weighted by Crippen LogP contribution is 2.19. The number of nitrogens with zero attached hydrogens (tertiary/aromatic N) is 1. The lowest BCUT2D eigenvalue weighted by atomic mass is 10.0. The summed E-state index contributed by atoms with van der Waals surface area (Å²) >= 11 is 0. The number of benzene rings is 2. The molecule has 7 heteroatoms. The van der Waals surface area contributed by atoms with Gasteiger partial charge in [-0.25, -0.2) is 8.42 Å². The van der Waals surface area contributed by atoms with Crippen LogP contribution in [0.3, 0.4) is 0 Å². The predicted molar refractivity (Wildman–Crippen MR) is 98.4 cm³/mol. The Morgan fingerprint density at radius 2 is 1.88 bits per heavy atom. The number of carbonyl (C=O) groups excluding carboxylic acids is 2. The van der Waals surface area contributed by atoms with E-state index in [1.165, 1.54) is 4.90 Å². The summed E-state index contributed by atoms with van der Waals surface area (Å²) in [6.07, 6.45) is 0.505. The molecule has 0 N–H and O–H groups in total. The summed E-state index contributed by atoms with van der Waals surface area (Å²) in [7, 11) is -1.52. The zero-order valence-electron chi connectivity index (χ0n) is 14.6. The van der Waals surface area contributed by atoms with Crippen LogP contribution in [0.15, 0.2) is 42.5 Å². The van der Waals surface area contributed by atoms with Gasteiger partial charge in [-0.05, 0) is 22.8 Å². The van der Waals surface area contributed by atoms with Gasteiger partial charge in [-0.1, -0.05) is 42.5 Å². The molecule has 1 saturated heterocycles. The molecule has 1 fully saturated rings. The van der Waals surface area contributed by atoms with Crippen LogP contribution in [0.5, 0.6) is 0 Å². The van der Waals surface area contributed by atoms with Crippen LogP contribution in [-0.2, 0) is 30.6 Å². The van der Waals surface area contributed by atoms with E-state index >= 15 is 0 Å². The van der Waals surface area contributed by atoms with Gasteiger partial charge < -0.3 is 9.64 Å². The minimum atomic E-state index is -3.07. The maximum atomic E-state index is 12.2. The second-order valence-corrected chi connectivity index (χ2v) is 8.77. The third kappa shape index (κ3) is 4.22. The average Bonchev–Trinajstić information content (AvgIpc) is 2.99. The van der Waals surface area contributed by atoms with Crippen molar-refractivity contribution in [2.24, 2.45) is 0 Å². The molecule has 3 rings (SSSR count). The Morgan fingerprint density at radius 3 is 2.62 bits per heavy atom. The number of esters is 1. The van der Waals surface area contributed by atoms with Crippen LogP contribution < -0.4 is 0 Å². The van der Waals surface area contributed by atoms with E-state index in [-0.39, 0.29) is 30.6 Å². The van der Waals surface area contributed by atoms with Crippen LogP contribution in [0.2, 0.25) is 0 Å². The van der Waals surface area contributed by atoms with Crippen LogP contribution in [0, 0.1) is 0 Å². The maximum Gasteiger partial charge on any atom is 0.310 e. The number of ether oxygens (including phenoxy) is 1. The van der Waals surface area contributed by atoms with E-state index in [4.69, 9.17) is 4.74 Å². The predicted octanol–water partition coefficient (Wildman–Crippen LogP) is 1.57. The molecule has 1 heterocycles. The molecule has 2 aromatic rings. The van der Waals surface area contributed by atoms with Crippen molar-refractivity contribution < 1.29 is 22.7 Å². The molecule has 138 valence electrons. The summed E-state index contributed by atoms with van der Waals surface area (Å²) in [5, 5.41) is 2.02. The molecule has 1 amide bonds. The van der Waals surface area contributed by atoms with Crippen LogP contribution in [0.4, 0.5) is 0 Å². The topological polar surface area (TPSA) is 80.8 Å². The molecule has 1 aliphatic rings. The molecular formula is C19H21NO5S. The van der Waals surface area contributed by atoms with Gasteiger partial charge in [-0.2, -0.15) is 0 Å². The lowest BCUT2D eigenvalue weighted by Gasteiger charge is -2.23. The molecule has 0 aromatic heterocycles. The van der Waals surface area contributed by atoms with E-state index in [0.717, 1.165) is 16.3 Å². The maximum absolute atomic E-state index is 12.2. The molecule has 26 heavy (non-hydrogen) atoms. The van der Waals surface area contributed by atoms with Gasteiger partial charge in [0.25, 0.3) is 5.91 Å². The smallest absolute Gasteiger partial charge is 0.310 e. The first kappa shape index (κ1) is 18.4. The van der Waals surface area contributed by atoms with Crippen molar-refractivity contribution in [2.75, 3.05) is 25.2 Å². The molecule has 0 spiro atoms. The van der Waals surface area contributed by atoms with Crippen molar-refractivity contribution in [3.63, 3.8) is 0 Å². The number of likely N-dealkylation sites (N-methyl/N-ethyl adjacent to an activating group) is 1. The van der Waals surface area contributed by atoms with Crippen molar-refractivity contribution in [2.45, 2.75) is 18.9 Å². The number of carbonyl (C=O) groups is 2. The zero-order valence-corrected chi connectivity index (χ0v) is 15.4. The standard InChI is InChI=1S/C19H21NO5S/c1-20(16-9-10-26(23,24)13-16)18(21)12-25-19(22)11-15-7-4-6-14-5-2-3-8-17(14)15/h2-8,16H,9-13H2,1H3/t16-/m1/s1. The number of fused-ring (bicyclic) bond motifs is 1. The molecule has 0 unspecified atom stereocenters. The highest BCUT2D eigenvalue weighted by molar-refractivity contribution is 7.91. The van der Waals surface area contributed by atoms with E-state index in [9.17, 15) is 18.0 Å². The Labute approximate surface area is 152 Å². The van der Waals surface area contributed by atoms with Crippen molar-refractivity contribution in [3.8, 4) is 0 Å². The molecule has 2 aromatic carbocycles. The molecule has 0 aliphatic carbocycles. The molecule has 0 bridgehead atoms. The largest absolute Gasteiger partial charge is 0.455 e. The van der Waals surface area contributed by atoms with Gasteiger partial charge in [0.2, 0.25) is 0 Å². The third-order valence-electron chi connectivity index (χ3n) is 4.72. The van der Waals surface area contributed by atoms with Gasteiger partial charge in [0.05, 0.1) is 17.9 Å². The molecule has 1 atom stereocenters. The van der Waals surface area contributed by atoms with E-state index in [1.54, 1.807) is 7.05 Å². The molecule has 1 aliphatic heterocycles. The van der Waals surface area contributed by atoms with Gasteiger partial charge in [0.1, 0.15) is 0 Å². The second kappa shape index (κ2) is 7.45. The number of rotatable bonds is 5. The number of hydrogen-bond donors (Lipinski definition) is 0. The first-order chi connectivity index (χ1) is 12.4. The van der Waals surface area contributed by atoms with E-state index < -0.39 is 21.7 Å². The van der Waals surface area contributed by atoms with Crippen molar-refractivity contribution >= 4 is 32.5 Å². The Bertz CT molecular complexity index is 933. The van der Waals surface area contributed by atoms with Crippen molar-refractivity contribution in [3.05, 3.63) is 48.0 Å². The number of sulfone groups is 1. The monoisotopic (exact) mass is 375 g/mol. The summed E-state index contributed by atoms with van der Waals surface area (Å²) in [5.41, 5.74) is 0.843.